The molecule has 25 heavy (non-hydrogen) atoms. The van der Waals surface area contributed by atoms with Crippen LogP contribution in [0.1, 0.15) is 43.2 Å². The number of carbonyl (C=O) groups excluding carboxylic acids is 2. The van der Waals surface area contributed by atoms with Gasteiger partial charge in [0.1, 0.15) is 6.54 Å². The molecule has 0 aromatic heterocycles. The normalized spacial score (nSPS) is 19.5. The molecule has 3 N–H and O–H groups in total. The third-order valence-electron chi connectivity index (χ3n) is 5.09. The Morgan fingerprint density at radius 3 is 2.72 bits per heavy atom. The van der Waals surface area contributed by atoms with Gasteiger partial charge in [-0.05, 0) is 37.7 Å². The fraction of sp³-hybridized carbons (Fsp3) is 0.500. The number of fused-ring (bicyclic) bond motifs is 1. The van der Waals surface area contributed by atoms with E-state index in [1.807, 2.05) is 6.07 Å². The van der Waals surface area contributed by atoms with Crippen LogP contribution in [0.4, 0.5) is 4.79 Å². The summed E-state index contributed by atoms with van der Waals surface area (Å²) in [7, 11) is 0. The summed E-state index contributed by atoms with van der Waals surface area (Å²) in [5.41, 5.74) is 4.11. The first kappa shape index (κ1) is 17.7. The third kappa shape index (κ3) is 5.43. The number of imide groups is 1. The summed E-state index contributed by atoms with van der Waals surface area (Å²) in [5.74, 6) is -0.205. The second kappa shape index (κ2) is 8.81. The number of hydrogen-bond acceptors (Lipinski definition) is 2. The Hall–Kier alpha value is -2.14. The van der Waals surface area contributed by atoms with E-state index < -0.39 is 0 Å². The summed E-state index contributed by atoms with van der Waals surface area (Å²) in [6, 6.07) is 8.00. The molecule has 1 atom stereocenters. The van der Waals surface area contributed by atoms with Gasteiger partial charge in [-0.25, -0.2) is 4.79 Å². The molecule has 1 aliphatic heterocycles. The summed E-state index contributed by atoms with van der Waals surface area (Å²) < 4.78 is 0. The Morgan fingerprint density at radius 2 is 1.92 bits per heavy atom. The van der Waals surface area contributed by atoms with Crippen molar-refractivity contribution in [3.8, 4) is 0 Å². The topological polar surface area (TPSA) is 62.6 Å². The highest BCUT2D eigenvalue weighted by Gasteiger charge is 2.22. The van der Waals surface area contributed by atoms with Crippen LogP contribution in [0.25, 0.3) is 0 Å². The summed E-state index contributed by atoms with van der Waals surface area (Å²) in [6.07, 6.45) is 8.97. The Balaban J connectivity index is 1.36. The van der Waals surface area contributed by atoms with E-state index in [1.165, 1.54) is 34.4 Å². The second-order valence-electron chi connectivity index (χ2n) is 7.03. The molecule has 5 nitrogen and oxygen atoms in total. The average molecular weight is 342 g/mol. The minimum atomic E-state index is -0.377. The Bertz CT molecular complexity index is 654. The van der Waals surface area contributed by atoms with Crippen LogP contribution in [0.2, 0.25) is 0 Å². The molecule has 3 amide bonds. The number of hydrogen-bond donors (Lipinski definition) is 3. The van der Waals surface area contributed by atoms with E-state index in [9.17, 15) is 9.59 Å². The van der Waals surface area contributed by atoms with Gasteiger partial charge in [-0.3, -0.25) is 10.1 Å². The van der Waals surface area contributed by atoms with E-state index in [0.29, 0.717) is 13.1 Å². The van der Waals surface area contributed by atoms with Crippen molar-refractivity contribution >= 4 is 11.9 Å². The van der Waals surface area contributed by atoms with Crippen LogP contribution in [0.3, 0.4) is 0 Å². The molecular formula is C20H28N3O2+. The highest BCUT2D eigenvalue weighted by molar-refractivity contribution is 5.94. The van der Waals surface area contributed by atoms with E-state index in [1.54, 1.807) is 0 Å². The molecule has 5 heteroatoms. The van der Waals surface area contributed by atoms with Crippen molar-refractivity contribution in [3.63, 3.8) is 0 Å². The van der Waals surface area contributed by atoms with Crippen molar-refractivity contribution in [1.82, 2.24) is 10.6 Å². The quantitative estimate of drug-likeness (QED) is 0.707. The first-order valence-electron chi connectivity index (χ1n) is 9.36. The van der Waals surface area contributed by atoms with Crippen molar-refractivity contribution in [1.29, 1.82) is 0 Å². The molecule has 1 heterocycles. The molecule has 1 unspecified atom stereocenters. The minimum Gasteiger partial charge on any atom is -0.337 e. The average Bonchev–Trinajstić information content (AvgIpc) is 2.62. The number of allylic oxidation sites excluding steroid dienone is 1. The zero-order valence-electron chi connectivity index (χ0n) is 14.8. The van der Waals surface area contributed by atoms with Crippen LogP contribution in [0.5, 0.6) is 0 Å². The predicted molar refractivity (Wildman–Crippen MR) is 97.3 cm³/mol. The van der Waals surface area contributed by atoms with Crippen LogP contribution in [-0.2, 0) is 17.8 Å². The van der Waals surface area contributed by atoms with Crippen LogP contribution in [0.15, 0.2) is 35.9 Å². The minimum absolute atomic E-state index is 0.205. The van der Waals surface area contributed by atoms with Gasteiger partial charge in [0.15, 0.2) is 6.54 Å². The van der Waals surface area contributed by atoms with Gasteiger partial charge in [-0.2, -0.15) is 0 Å². The van der Waals surface area contributed by atoms with Crippen LogP contribution in [-0.4, -0.2) is 31.6 Å². The molecule has 0 saturated carbocycles. The SMILES string of the molecule is O=C(C[NH+]1CCc2ccccc2C1)NC(=O)NCCC1=CCCCC1. The number of quaternary nitrogens is 1. The zero-order chi connectivity index (χ0) is 17.5. The number of carbonyl (C=O) groups is 2. The highest BCUT2D eigenvalue weighted by atomic mass is 16.2. The maximum absolute atomic E-state index is 12.1. The lowest BCUT2D eigenvalue weighted by Gasteiger charge is -2.25. The van der Waals surface area contributed by atoms with Crippen LogP contribution < -0.4 is 15.5 Å². The van der Waals surface area contributed by atoms with E-state index in [-0.39, 0.29) is 11.9 Å². The molecule has 2 aliphatic rings. The predicted octanol–water partition coefficient (Wildman–Crippen LogP) is 1.34. The molecular weight excluding hydrogens is 314 g/mol. The van der Waals surface area contributed by atoms with Gasteiger partial charge in [-0.15, -0.1) is 0 Å². The summed E-state index contributed by atoms with van der Waals surface area (Å²) in [6.45, 7) is 2.71. The number of benzene rings is 1. The van der Waals surface area contributed by atoms with E-state index >= 15 is 0 Å². The molecule has 0 bridgehead atoms. The van der Waals surface area contributed by atoms with Gasteiger partial charge in [-0.1, -0.05) is 35.9 Å². The lowest BCUT2D eigenvalue weighted by atomic mass is 9.97. The standard InChI is InChI=1S/C20H27N3O2/c24-19(15-23-13-11-17-8-4-5-9-18(17)14-23)22-20(25)21-12-10-16-6-2-1-3-7-16/h4-6,8-9H,1-3,7,10-15H2,(H2,21,22,24,25)/p+1. The largest absolute Gasteiger partial charge is 0.337 e. The fourth-order valence-electron chi connectivity index (χ4n) is 3.70. The van der Waals surface area contributed by atoms with Crippen LogP contribution >= 0.6 is 0 Å². The molecule has 0 spiro atoms. The molecule has 0 radical (unpaired) electrons. The van der Waals surface area contributed by atoms with Gasteiger partial charge in [0.05, 0.1) is 6.54 Å². The fourth-order valence-corrected chi connectivity index (χ4v) is 3.70. The Labute approximate surface area is 149 Å². The van der Waals surface area contributed by atoms with E-state index in [4.69, 9.17) is 0 Å². The Kier molecular flexibility index (Phi) is 6.23. The molecule has 1 aliphatic carbocycles. The van der Waals surface area contributed by atoms with Gasteiger partial charge >= 0.3 is 6.03 Å². The number of urea groups is 1. The molecule has 3 rings (SSSR count). The lowest BCUT2D eigenvalue weighted by Crippen LogP contribution is -3.13. The second-order valence-corrected chi connectivity index (χ2v) is 7.03. The Morgan fingerprint density at radius 1 is 1.08 bits per heavy atom. The van der Waals surface area contributed by atoms with Gasteiger partial charge in [0.25, 0.3) is 5.91 Å². The monoisotopic (exact) mass is 342 g/mol. The first-order chi connectivity index (χ1) is 12.2. The van der Waals surface area contributed by atoms with Gasteiger partial charge in [0.2, 0.25) is 0 Å². The summed E-state index contributed by atoms with van der Waals surface area (Å²) in [5, 5.41) is 5.25. The summed E-state index contributed by atoms with van der Waals surface area (Å²) >= 11 is 0. The molecule has 134 valence electrons. The van der Waals surface area contributed by atoms with Crippen molar-refractivity contribution < 1.29 is 14.5 Å². The van der Waals surface area contributed by atoms with E-state index in [0.717, 1.165) is 38.8 Å². The molecule has 1 aromatic carbocycles. The van der Waals surface area contributed by atoms with Crippen molar-refractivity contribution in [2.24, 2.45) is 0 Å². The molecule has 0 fully saturated rings. The number of amides is 3. The smallest absolute Gasteiger partial charge is 0.321 e. The van der Waals surface area contributed by atoms with Gasteiger partial charge < -0.3 is 10.2 Å². The molecule has 1 aromatic rings. The van der Waals surface area contributed by atoms with Crippen molar-refractivity contribution in [3.05, 3.63) is 47.0 Å². The first-order valence-corrected chi connectivity index (χ1v) is 9.36. The van der Waals surface area contributed by atoms with E-state index in [2.05, 4.69) is 34.9 Å². The summed E-state index contributed by atoms with van der Waals surface area (Å²) in [4.78, 5) is 25.2. The number of rotatable bonds is 5. The highest BCUT2D eigenvalue weighted by Crippen LogP contribution is 2.19. The third-order valence-corrected chi connectivity index (χ3v) is 5.09. The lowest BCUT2D eigenvalue weighted by molar-refractivity contribution is -0.908. The van der Waals surface area contributed by atoms with Crippen molar-refractivity contribution in [2.75, 3.05) is 19.6 Å². The number of nitrogens with one attached hydrogen (secondary N) is 3. The maximum atomic E-state index is 12.1. The molecule has 0 saturated heterocycles. The van der Waals surface area contributed by atoms with Crippen molar-refractivity contribution in [2.45, 2.75) is 45.1 Å². The zero-order valence-corrected chi connectivity index (χ0v) is 14.8. The maximum Gasteiger partial charge on any atom is 0.321 e. The van der Waals surface area contributed by atoms with Crippen LogP contribution in [0, 0.1) is 0 Å². The van der Waals surface area contributed by atoms with Gasteiger partial charge in [0, 0.05) is 18.5 Å².